The van der Waals surface area contributed by atoms with E-state index in [1.165, 1.54) is 12.1 Å². The van der Waals surface area contributed by atoms with Crippen LogP contribution in [0.4, 0.5) is 5.69 Å². The third-order valence-electron chi connectivity index (χ3n) is 2.37. The van der Waals surface area contributed by atoms with Gasteiger partial charge in [-0.2, -0.15) is 5.10 Å². The van der Waals surface area contributed by atoms with E-state index in [1.807, 2.05) is 12.2 Å². The van der Waals surface area contributed by atoms with Crippen LogP contribution in [0.5, 0.6) is 0 Å². The Hall–Kier alpha value is -1.88. The van der Waals surface area contributed by atoms with E-state index in [4.69, 9.17) is 11.6 Å². The summed E-state index contributed by atoms with van der Waals surface area (Å²) in [5.74, 6) is 0.444. The highest BCUT2D eigenvalue weighted by Gasteiger charge is 2.09. The van der Waals surface area contributed by atoms with Crippen LogP contribution in [0, 0.1) is 10.1 Å². The lowest BCUT2D eigenvalue weighted by Crippen LogP contribution is -1.97. The first-order valence-corrected chi connectivity index (χ1v) is 5.57. The number of allylic oxidation sites excluding steroid dienone is 2. The number of benzene rings is 1. The minimum Gasteiger partial charge on any atom is -0.261 e. The lowest BCUT2D eigenvalue weighted by Gasteiger charge is -1.98. The fraction of sp³-hybridized carbons (Fsp3) is 0.182. The first-order chi connectivity index (χ1) is 8.22. The summed E-state index contributed by atoms with van der Waals surface area (Å²) in [4.78, 5) is 10.3. The highest BCUT2D eigenvalue weighted by molar-refractivity contribution is 6.18. The number of non-ortho nitro benzene ring substituents is 1. The van der Waals surface area contributed by atoms with E-state index >= 15 is 0 Å². The molecule has 0 N–H and O–H groups in total. The van der Waals surface area contributed by atoms with Gasteiger partial charge in [-0.3, -0.25) is 14.8 Å². The normalized spacial score (nSPS) is 11.4. The molecule has 0 fully saturated rings. The summed E-state index contributed by atoms with van der Waals surface area (Å²) in [5, 5.41) is 15.7. The molecule has 0 aliphatic rings. The topological polar surface area (TPSA) is 61.0 Å². The molecule has 1 aromatic heterocycles. The van der Waals surface area contributed by atoms with Crippen LogP contribution in [0.2, 0.25) is 0 Å². The number of nitro benzene ring substituents is 1. The van der Waals surface area contributed by atoms with Gasteiger partial charge >= 0.3 is 0 Å². The molecule has 5 nitrogen and oxygen atoms in total. The number of nitro groups is 1. The maximum Gasteiger partial charge on any atom is 0.271 e. The Kier molecular flexibility index (Phi) is 3.39. The Morgan fingerprint density at radius 3 is 3.00 bits per heavy atom. The largest absolute Gasteiger partial charge is 0.271 e. The molecule has 0 saturated heterocycles. The molecule has 1 aromatic carbocycles. The Morgan fingerprint density at radius 1 is 1.47 bits per heavy atom. The highest BCUT2D eigenvalue weighted by atomic mass is 35.5. The van der Waals surface area contributed by atoms with Crippen molar-refractivity contribution in [3.63, 3.8) is 0 Å². The second-order valence-corrected chi connectivity index (χ2v) is 3.76. The van der Waals surface area contributed by atoms with Gasteiger partial charge < -0.3 is 0 Å². The van der Waals surface area contributed by atoms with Crippen molar-refractivity contribution in [3.8, 4) is 0 Å². The SMILES string of the molecule is O=[N+]([O-])c1ccc2cnn(CC=CCCl)c2c1. The zero-order chi connectivity index (χ0) is 12.3. The van der Waals surface area contributed by atoms with Gasteiger partial charge in [0.2, 0.25) is 0 Å². The zero-order valence-corrected chi connectivity index (χ0v) is 9.67. The summed E-state index contributed by atoms with van der Waals surface area (Å²) in [6.07, 6.45) is 5.37. The number of fused-ring (bicyclic) bond motifs is 1. The highest BCUT2D eigenvalue weighted by Crippen LogP contribution is 2.20. The fourth-order valence-electron chi connectivity index (χ4n) is 1.56. The van der Waals surface area contributed by atoms with E-state index in [9.17, 15) is 10.1 Å². The Labute approximate surface area is 102 Å². The second kappa shape index (κ2) is 4.97. The molecule has 0 bridgehead atoms. The summed E-state index contributed by atoms with van der Waals surface area (Å²) in [7, 11) is 0. The quantitative estimate of drug-likeness (QED) is 0.363. The Balaban J connectivity index is 2.39. The van der Waals surface area contributed by atoms with Crippen molar-refractivity contribution in [1.82, 2.24) is 9.78 Å². The molecule has 0 atom stereocenters. The molecule has 0 aliphatic carbocycles. The molecule has 0 saturated carbocycles. The van der Waals surface area contributed by atoms with E-state index in [-0.39, 0.29) is 5.69 Å². The minimum atomic E-state index is -0.411. The average Bonchev–Trinajstić information content (AvgIpc) is 2.72. The molecule has 2 rings (SSSR count). The van der Waals surface area contributed by atoms with Crippen molar-refractivity contribution in [1.29, 1.82) is 0 Å². The molecule has 0 radical (unpaired) electrons. The van der Waals surface area contributed by atoms with Gasteiger partial charge in [-0.05, 0) is 6.07 Å². The molecule has 0 unspecified atom stereocenters. The average molecular weight is 252 g/mol. The Bertz CT molecular complexity index is 577. The van der Waals surface area contributed by atoms with Crippen LogP contribution in [-0.4, -0.2) is 20.6 Å². The van der Waals surface area contributed by atoms with Crippen molar-refractivity contribution in [2.45, 2.75) is 6.54 Å². The third-order valence-corrected chi connectivity index (χ3v) is 2.55. The van der Waals surface area contributed by atoms with Crippen molar-refractivity contribution < 1.29 is 4.92 Å². The summed E-state index contributed by atoms with van der Waals surface area (Å²) < 4.78 is 1.70. The van der Waals surface area contributed by atoms with Gasteiger partial charge in [0.15, 0.2) is 0 Å². The molecule has 2 aromatic rings. The van der Waals surface area contributed by atoms with Gasteiger partial charge in [0.25, 0.3) is 5.69 Å². The maximum atomic E-state index is 10.7. The summed E-state index contributed by atoms with van der Waals surface area (Å²) in [6.45, 7) is 0.553. The van der Waals surface area contributed by atoms with Crippen LogP contribution in [-0.2, 0) is 6.54 Å². The van der Waals surface area contributed by atoms with Gasteiger partial charge in [-0.1, -0.05) is 12.2 Å². The lowest BCUT2D eigenvalue weighted by atomic mass is 10.2. The van der Waals surface area contributed by atoms with Crippen LogP contribution < -0.4 is 0 Å². The van der Waals surface area contributed by atoms with Gasteiger partial charge in [0.1, 0.15) is 0 Å². The van der Waals surface area contributed by atoms with Crippen molar-refractivity contribution in [2.75, 3.05) is 5.88 Å². The number of nitrogens with zero attached hydrogens (tertiary/aromatic N) is 3. The van der Waals surface area contributed by atoms with Crippen molar-refractivity contribution in [2.24, 2.45) is 0 Å². The fourth-order valence-corrected chi connectivity index (χ4v) is 1.68. The van der Waals surface area contributed by atoms with Gasteiger partial charge in [-0.15, -0.1) is 11.6 Å². The monoisotopic (exact) mass is 251 g/mol. The number of hydrogen-bond acceptors (Lipinski definition) is 3. The lowest BCUT2D eigenvalue weighted by molar-refractivity contribution is -0.384. The Morgan fingerprint density at radius 2 is 2.29 bits per heavy atom. The molecule has 88 valence electrons. The maximum absolute atomic E-state index is 10.7. The molecule has 17 heavy (non-hydrogen) atoms. The molecule has 6 heteroatoms. The number of alkyl halides is 1. The van der Waals surface area contributed by atoms with Crippen LogP contribution >= 0.6 is 11.6 Å². The van der Waals surface area contributed by atoms with Crippen LogP contribution in [0.25, 0.3) is 10.9 Å². The predicted octanol–water partition coefficient (Wildman–Crippen LogP) is 2.74. The molecule has 0 aliphatic heterocycles. The van der Waals surface area contributed by atoms with E-state index in [0.29, 0.717) is 12.4 Å². The molecule has 0 amide bonds. The van der Waals surface area contributed by atoms with Gasteiger partial charge in [0.05, 0.1) is 23.2 Å². The van der Waals surface area contributed by atoms with Crippen LogP contribution in [0.15, 0.2) is 36.5 Å². The molecular weight excluding hydrogens is 242 g/mol. The van der Waals surface area contributed by atoms with E-state index in [1.54, 1.807) is 16.9 Å². The first kappa shape index (κ1) is 11.6. The van der Waals surface area contributed by atoms with Crippen molar-refractivity contribution in [3.05, 3.63) is 46.7 Å². The van der Waals surface area contributed by atoms with Crippen molar-refractivity contribution >= 4 is 28.2 Å². The number of aromatic nitrogens is 2. The van der Waals surface area contributed by atoms with E-state index in [0.717, 1.165) is 10.9 Å². The summed E-state index contributed by atoms with van der Waals surface area (Å²) >= 11 is 5.52. The van der Waals surface area contributed by atoms with E-state index in [2.05, 4.69) is 5.10 Å². The second-order valence-electron chi connectivity index (χ2n) is 3.45. The molecule has 0 spiro atoms. The van der Waals surface area contributed by atoms with Crippen LogP contribution in [0.3, 0.4) is 0 Å². The molecule has 1 heterocycles. The minimum absolute atomic E-state index is 0.0700. The molecular formula is C11H10ClN3O2. The van der Waals surface area contributed by atoms with Gasteiger partial charge in [0, 0.05) is 23.4 Å². The number of halogens is 1. The first-order valence-electron chi connectivity index (χ1n) is 5.03. The predicted molar refractivity (Wildman–Crippen MR) is 66.2 cm³/mol. The summed E-state index contributed by atoms with van der Waals surface area (Å²) in [6, 6.07) is 4.70. The van der Waals surface area contributed by atoms with Gasteiger partial charge in [-0.25, -0.2) is 0 Å². The van der Waals surface area contributed by atoms with Crippen LogP contribution in [0.1, 0.15) is 0 Å². The summed E-state index contributed by atoms with van der Waals surface area (Å²) in [5.41, 5.74) is 0.819. The smallest absolute Gasteiger partial charge is 0.261 e. The van der Waals surface area contributed by atoms with E-state index < -0.39 is 4.92 Å². The number of rotatable bonds is 4. The number of hydrogen-bond donors (Lipinski definition) is 0. The zero-order valence-electron chi connectivity index (χ0n) is 8.91. The third kappa shape index (κ3) is 2.45. The standard InChI is InChI=1S/C11H10ClN3O2/c12-5-1-2-6-14-11-7-10(15(16)17)4-3-9(11)8-13-14/h1-4,7-8H,5-6H2.